The van der Waals surface area contributed by atoms with Crippen molar-refractivity contribution < 1.29 is 118 Å². The van der Waals surface area contributed by atoms with Gasteiger partial charge in [-0.15, -0.1) is 0 Å². The molecule has 15 atom stereocenters. The number of hydrogen-bond donors (Lipinski definition) is 5. The van der Waals surface area contributed by atoms with Crippen LogP contribution in [-0.4, -0.2) is 175 Å². The number of hydrogen-bond acceptors (Lipinski definition) is 23. The summed E-state index contributed by atoms with van der Waals surface area (Å²) in [7, 11) is -15.5. The summed E-state index contributed by atoms with van der Waals surface area (Å²) < 4.78 is 188. The first-order chi connectivity index (χ1) is 42.0. The Bertz CT molecular complexity index is 3070. The topological polar surface area (TPSA) is 359 Å². The first-order valence-electron chi connectivity index (χ1n) is 28.5. The Labute approximate surface area is 512 Å². The number of carbonyl (C=O) groups excluding carboxylic acids is 2. The number of benzene rings is 4. The molecule has 3 fully saturated rings. The molecule has 488 valence electrons. The van der Waals surface area contributed by atoms with Crippen molar-refractivity contribution in [3.8, 4) is 0 Å². The van der Waals surface area contributed by atoms with Gasteiger partial charge < -0.3 is 62.5 Å². The highest BCUT2D eigenvalue weighted by atomic mass is 32.3. The maximum Gasteiger partial charge on any atom is 0.397 e. The van der Waals surface area contributed by atoms with E-state index in [4.69, 9.17) is 56.3 Å². The highest BCUT2D eigenvalue weighted by molar-refractivity contribution is 7.81. The van der Waals surface area contributed by atoms with Gasteiger partial charge >= 0.3 is 37.2 Å². The van der Waals surface area contributed by atoms with Crippen molar-refractivity contribution in [3.05, 3.63) is 144 Å². The van der Waals surface area contributed by atoms with E-state index in [2.05, 4.69) is 13.7 Å². The molecular formula is C58H77NO26S3. The second kappa shape index (κ2) is 34.4. The summed E-state index contributed by atoms with van der Waals surface area (Å²) in [6.07, 6.45) is -19.9. The fraction of sp³-hybridized carbons (Fsp3) is 0.552. The van der Waals surface area contributed by atoms with Crippen LogP contribution in [0.15, 0.2) is 121 Å². The van der Waals surface area contributed by atoms with Crippen molar-refractivity contribution in [1.82, 2.24) is 5.32 Å². The molecule has 3 saturated heterocycles. The molecule has 4 aromatic carbocycles. The molecule has 3 aliphatic rings. The first-order valence-corrected chi connectivity index (χ1v) is 32.6. The molecule has 27 nitrogen and oxygen atoms in total. The molecule has 88 heavy (non-hydrogen) atoms. The number of rotatable bonds is 35. The molecule has 4 aromatic rings. The number of aliphatic hydroxyl groups excluding tert-OH is 1. The van der Waals surface area contributed by atoms with Crippen LogP contribution in [0.25, 0.3) is 0 Å². The van der Waals surface area contributed by atoms with Crippen LogP contribution < -0.4 is 5.32 Å². The van der Waals surface area contributed by atoms with Crippen LogP contribution in [0.2, 0.25) is 0 Å². The minimum atomic E-state index is -5.73. The monoisotopic (exact) mass is 1300 g/mol. The molecule has 1 amide bonds. The van der Waals surface area contributed by atoms with E-state index in [1.807, 2.05) is 91.0 Å². The summed E-state index contributed by atoms with van der Waals surface area (Å²) in [4.78, 5) is 25.3. The van der Waals surface area contributed by atoms with E-state index < -0.39 is 142 Å². The zero-order chi connectivity index (χ0) is 63.3. The van der Waals surface area contributed by atoms with E-state index in [0.717, 1.165) is 36.0 Å². The van der Waals surface area contributed by atoms with E-state index in [-0.39, 0.29) is 39.0 Å². The molecule has 0 spiro atoms. The van der Waals surface area contributed by atoms with Crippen LogP contribution in [-0.2, 0) is 132 Å². The van der Waals surface area contributed by atoms with Crippen LogP contribution >= 0.6 is 0 Å². The summed E-state index contributed by atoms with van der Waals surface area (Å²) in [5, 5.41) is 14.9. The molecular weight excluding hydrogens is 1220 g/mol. The van der Waals surface area contributed by atoms with E-state index in [9.17, 15) is 53.6 Å². The molecule has 7 rings (SSSR count). The van der Waals surface area contributed by atoms with Crippen molar-refractivity contribution in [1.29, 1.82) is 0 Å². The second-order valence-electron chi connectivity index (χ2n) is 21.0. The molecule has 0 aromatic heterocycles. The predicted molar refractivity (Wildman–Crippen MR) is 307 cm³/mol. The SMILES string of the molecule is COC(=O)CCCCCCCCO[C@@H]1O[C@H](COCc2ccccc2)[C@@H](O[C@@H]2O[C@H](COS(=O)(=O)O)[C@H](OS(=O)(=O)O)[C@H](OS(=O)(=O)O)[C@H]2O)[C@H](O[C@@H]2O[C@@H](C)[C@@H](OCc3ccccc3)[C@@H](OCc3ccccc3)[C@@H]2OCc2ccccc2)[C@H]1NC(C)=O. The lowest BCUT2D eigenvalue weighted by Gasteiger charge is -2.51. The lowest BCUT2D eigenvalue weighted by atomic mass is 9.94. The number of esters is 1. The Balaban J connectivity index is 1.33. The number of nitrogens with one attached hydrogen (secondary N) is 1. The van der Waals surface area contributed by atoms with Gasteiger partial charge in [0, 0.05) is 20.0 Å². The lowest BCUT2D eigenvalue weighted by Crippen LogP contribution is -2.70. The quantitative estimate of drug-likeness (QED) is 0.0232. The number of aliphatic hydroxyl groups is 1. The van der Waals surface area contributed by atoms with Gasteiger partial charge in [0.1, 0.15) is 67.1 Å². The summed E-state index contributed by atoms with van der Waals surface area (Å²) in [5.41, 5.74) is 3.05. The third-order valence-electron chi connectivity index (χ3n) is 14.3. The number of methoxy groups -OCH3 is 1. The maximum absolute atomic E-state index is 13.6. The van der Waals surface area contributed by atoms with Crippen LogP contribution in [0.3, 0.4) is 0 Å². The molecule has 0 bridgehead atoms. The van der Waals surface area contributed by atoms with Crippen molar-refractivity contribution in [3.63, 3.8) is 0 Å². The smallest absolute Gasteiger partial charge is 0.397 e. The molecule has 0 radical (unpaired) electrons. The molecule has 3 heterocycles. The molecule has 30 heteroatoms. The first kappa shape index (κ1) is 70.4. The molecule has 0 saturated carbocycles. The van der Waals surface area contributed by atoms with Gasteiger partial charge in [-0.05, 0) is 42.0 Å². The van der Waals surface area contributed by atoms with Gasteiger partial charge in [-0.2, -0.15) is 25.3 Å². The highest BCUT2D eigenvalue weighted by Crippen LogP contribution is 2.38. The van der Waals surface area contributed by atoms with Crippen LogP contribution in [0, 0.1) is 0 Å². The van der Waals surface area contributed by atoms with E-state index in [1.165, 1.54) is 14.0 Å². The largest absolute Gasteiger partial charge is 0.469 e. The third-order valence-corrected chi connectivity index (χ3v) is 15.7. The van der Waals surface area contributed by atoms with Crippen LogP contribution in [0.1, 0.15) is 81.0 Å². The van der Waals surface area contributed by atoms with Crippen LogP contribution in [0.4, 0.5) is 0 Å². The van der Waals surface area contributed by atoms with Crippen molar-refractivity contribution >= 4 is 43.1 Å². The van der Waals surface area contributed by atoms with Crippen molar-refractivity contribution in [2.24, 2.45) is 0 Å². The fourth-order valence-corrected chi connectivity index (χ4v) is 11.6. The van der Waals surface area contributed by atoms with E-state index in [0.29, 0.717) is 31.2 Å². The van der Waals surface area contributed by atoms with Gasteiger partial charge in [-0.1, -0.05) is 147 Å². The van der Waals surface area contributed by atoms with E-state index >= 15 is 0 Å². The lowest BCUT2D eigenvalue weighted by molar-refractivity contribution is -0.377. The van der Waals surface area contributed by atoms with Gasteiger partial charge in [0.2, 0.25) is 5.91 Å². The Morgan fingerprint density at radius 1 is 0.500 bits per heavy atom. The molecule has 0 aliphatic carbocycles. The second-order valence-corrected chi connectivity index (χ2v) is 24.2. The van der Waals surface area contributed by atoms with Crippen molar-refractivity contribution in [2.75, 3.05) is 26.9 Å². The highest BCUT2D eigenvalue weighted by Gasteiger charge is 2.58. The summed E-state index contributed by atoms with van der Waals surface area (Å²) in [6.45, 7) is 1.16. The van der Waals surface area contributed by atoms with Gasteiger partial charge in [0.15, 0.2) is 18.9 Å². The van der Waals surface area contributed by atoms with Crippen LogP contribution in [0.5, 0.6) is 0 Å². The number of unbranched alkanes of at least 4 members (excludes halogenated alkanes) is 5. The fourth-order valence-electron chi connectivity index (χ4n) is 10.2. The predicted octanol–water partition coefficient (Wildman–Crippen LogP) is 4.91. The van der Waals surface area contributed by atoms with Gasteiger partial charge in [0.25, 0.3) is 0 Å². The standard InChI is InChI=1S/C58H77NO26S3/c1-38-49(75-33-41-24-14-9-15-25-41)54(76-34-42-26-16-10-17-27-42)55(77-35-43-28-18-11-19-29-43)58(79-38)83-52-47(59-39(2)60)56(74-31-21-7-5-4-6-20-30-46(61)72-3)80-44(36-73-32-40-22-12-8-13-23-40)50(52)82-57-48(62)53(85-88(69,70)71)51(84-87(66,67)68)45(81-57)37-78-86(63,64)65/h8-19,22-29,38,44-45,47-58,62H,4-7,20-21,30-37H2,1-3H3,(H,59,60)(H,63,64,65)(H,66,67,68)(H,69,70,71)/t38-,44+,45+,47+,48+,49+,50+,51-,52+,53+,54+,55-,56+,57-,58-/m0/s1. The Morgan fingerprint density at radius 3 is 1.49 bits per heavy atom. The molecule has 3 aliphatic heterocycles. The number of ether oxygens (including phenoxy) is 11. The zero-order valence-corrected chi connectivity index (χ0v) is 51.1. The minimum absolute atomic E-state index is 0.0392. The van der Waals surface area contributed by atoms with E-state index in [1.54, 1.807) is 37.3 Å². The summed E-state index contributed by atoms with van der Waals surface area (Å²) in [6, 6.07) is 35.3. The third kappa shape index (κ3) is 23.0. The summed E-state index contributed by atoms with van der Waals surface area (Å²) in [5.74, 6) is -0.954. The average Bonchev–Trinajstić information content (AvgIpc) is 2.46. The Hall–Kier alpha value is -5.01. The van der Waals surface area contributed by atoms with Crippen molar-refractivity contribution in [2.45, 2.75) is 177 Å². The van der Waals surface area contributed by atoms with Gasteiger partial charge in [0.05, 0.1) is 52.9 Å². The summed E-state index contributed by atoms with van der Waals surface area (Å²) >= 11 is 0. The Kier molecular flexibility index (Phi) is 27.6. The Morgan fingerprint density at radius 2 is 0.966 bits per heavy atom. The van der Waals surface area contributed by atoms with Gasteiger partial charge in [-0.3, -0.25) is 23.2 Å². The molecule has 0 unspecified atom stereocenters. The average molecular weight is 1300 g/mol. The number of carbonyl (C=O) groups is 2. The zero-order valence-electron chi connectivity index (χ0n) is 48.6. The maximum atomic E-state index is 13.6. The molecule has 5 N–H and O–H groups in total. The van der Waals surface area contributed by atoms with Gasteiger partial charge in [-0.25, -0.2) is 12.5 Å². The minimum Gasteiger partial charge on any atom is -0.469 e. The number of amides is 1. The normalized spacial score (nSPS) is 27.8.